The number of aromatic nitrogens is 2. The highest BCUT2D eigenvalue weighted by molar-refractivity contribution is 7.08. The first-order valence-electron chi connectivity index (χ1n) is 8.52. The summed E-state index contributed by atoms with van der Waals surface area (Å²) in [6.45, 7) is 0. The number of nitrogens with one attached hydrogen (secondary N) is 1. The van der Waals surface area contributed by atoms with Crippen molar-refractivity contribution in [2.45, 2.75) is 38.1 Å². The Morgan fingerprint density at radius 1 is 1.32 bits per heavy atom. The van der Waals surface area contributed by atoms with Crippen LogP contribution in [0.5, 0.6) is 0 Å². The fourth-order valence-electron chi connectivity index (χ4n) is 3.26. The number of hydrogen-bond donors (Lipinski definition) is 1. The Hall–Kier alpha value is -2.47. The van der Waals surface area contributed by atoms with E-state index in [2.05, 4.69) is 33.7 Å². The molecule has 0 radical (unpaired) electrons. The van der Waals surface area contributed by atoms with Crippen molar-refractivity contribution < 1.29 is 9.32 Å². The summed E-state index contributed by atoms with van der Waals surface area (Å²) >= 11 is 1.59. The van der Waals surface area contributed by atoms with E-state index in [9.17, 15) is 4.79 Å². The highest BCUT2D eigenvalue weighted by Crippen LogP contribution is 2.29. The Morgan fingerprint density at radius 3 is 3.12 bits per heavy atom. The molecule has 0 saturated heterocycles. The van der Waals surface area contributed by atoms with Crippen LogP contribution in [0.2, 0.25) is 0 Å². The number of fused-ring (bicyclic) bond motifs is 1. The van der Waals surface area contributed by atoms with Crippen molar-refractivity contribution in [3.63, 3.8) is 0 Å². The van der Waals surface area contributed by atoms with Gasteiger partial charge in [-0.05, 0) is 41.8 Å². The minimum atomic E-state index is 0.0250. The van der Waals surface area contributed by atoms with Crippen molar-refractivity contribution in [2.75, 3.05) is 0 Å². The van der Waals surface area contributed by atoms with E-state index in [-0.39, 0.29) is 11.9 Å². The molecule has 1 aliphatic carbocycles. The van der Waals surface area contributed by atoms with Crippen LogP contribution in [-0.4, -0.2) is 16.0 Å². The van der Waals surface area contributed by atoms with Gasteiger partial charge in [0.25, 0.3) is 0 Å². The van der Waals surface area contributed by atoms with Gasteiger partial charge < -0.3 is 9.84 Å². The second-order valence-corrected chi connectivity index (χ2v) is 7.01. The van der Waals surface area contributed by atoms with Gasteiger partial charge in [0, 0.05) is 23.8 Å². The lowest BCUT2D eigenvalue weighted by Gasteiger charge is -2.26. The average molecular weight is 353 g/mol. The van der Waals surface area contributed by atoms with Gasteiger partial charge in [0.05, 0.1) is 6.04 Å². The first-order chi connectivity index (χ1) is 12.3. The number of hydrogen-bond acceptors (Lipinski definition) is 5. The predicted molar refractivity (Wildman–Crippen MR) is 96.2 cm³/mol. The minimum absolute atomic E-state index is 0.0250. The molecule has 25 heavy (non-hydrogen) atoms. The smallest absolute Gasteiger partial charge is 0.227 e. The van der Waals surface area contributed by atoms with Gasteiger partial charge in [0.1, 0.15) is 0 Å². The summed E-state index contributed by atoms with van der Waals surface area (Å²) in [6, 6.07) is 10.4. The second-order valence-electron chi connectivity index (χ2n) is 6.23. The molecule has 1 aromatic carbocycles. The molecule has 0 unspecified atom stereocenters. The van der Waals surface area contributed by atoms with Crippen molar-refractivity contribution in [2.24, 2.45) is 0 Å². The molecular formula is C19H19N3O2S. The number of aryl methyl sites for hydroxylation is 2. The zero-order valence-electron chi connectivity index (χ0n) is 13.8. The number of carbonyl (C=O) groups excluding carboxylic acids is 1. The third kappa shape index (κ3) is 3.64. The average Bonchev–Trinajstić information content (AvgIpc) is 3.32. The number of carbonyl (C=O) groups is 1. The van der Waals surface area contributed by atoms with Gasteiger partial charge >= 0.3 is 0 Å². The maximum absolute atomic E-state index is 12.3. The Kier molecular flexibility index (Phi) is 4.61. The van der Waals surface area contributed by atoms with Gasteiger partial charge in [0.2, 0.25) is 17.6 Å². The Balaban J connectivity index is 1.34. The van der Waals surface area contributed by atoms with Crippen LogP contribution >= 0.6 is 11.3 Å². The molecule has 6 heteroatoms. The second kappa shape index (κ2) is 7.19. The van der Waals surface area contributed by atoms with Crippen LogP contribution in [0.25, 0.3) is 11.4 Å². The Bertz CT molecular complexity index is 857. The first-order valence-corrected chi connectivity index (χ1v) is 9.46. The summed E-state index contributed by atoms with van der Waals surface area (Å²) in [5, 5.41) is 11.1. The van der Waals surface area contributed by atoms with E-state index in [0.717, 1.165) is 24.8 Å². The van der Waals surface area contributed by atoms with Crippen molar-refractivity contribution in [1.29, 1.82) is 0 Å². The molecular weight excluding hydrogens is 334 g/mol. The van der Waals surface area contributed by atoms with E-state index in [1.54, 1.807) is 11.3 Å². The van der Waals surface area contributed by atoms with Crippen molar-refractivity contribution >= 4 is 17.2 Å². The van der Waals surface area contributed by atoms with Gasteiger partial charge in [-0.2, -0.15) is 16.3 Å². The molecule has 3 aromatic rings. The fraction of sp³-hybridized carbons (Fsp3) is 0.316. The Morgan fingerprint density at radius 2 is 2.24 bits per heavy atom. The van der Waals surface area contributed by atoms with Gasteiger partial charge in [0.15, 0.2) is 0 Å². The molecule has 1 N–H and O–H groups in total. The molecule has 4 rings (SSSR count). The molecule has 0 fully saturated rings. The third-order valence-corrected chi connectivity index (χ3v) is 5.20. The normalized spacial score (nSPS) is 16.4. The Labute approximate surface area is 150 Å². The van der Waals surface area contributed by atoms with Crippen molar-refractivity contribution in [3.8, 4) is 11.4 Å². The largest absolute Gasteiger partial charge is 0.349 e. The molecule has 1 amide bonds. The predicted octanol–water partition coefficient (Wildman–Crippen LogP) is 3.92. The molecule has 1 atom stereocenters. The molecule has 0 aliphatic heterocycles. The standard InChI is InChI=1S/C19H19N3O2S/c23-17(20-16-7-3-5-13-4-1-2-6-15(13)16)8-9-18-21-19(22-24-18)14-10-11-25-12-14/h1-2,4,6,10-12,16H,3,5,7-9H2,(H,20,23)/t16-/m1/s1. The fourth-order valence-corrected chi connectivity index (χ4v) is 3.89. The van der Waals surface area contributed by atoms with Gasteiger partial charge in [-0.25, -0.2) is 0 Å². The van der Waals surface area contributed by atoms with Crippen LogP contribution in [0.4, 0.5) is 0 Å². The molecule has 2 heterocycles. The summed E-state index contributed by atoms with van der Waals surface area (Å²) in [5.74, 6) is 1.11. The van der Waals surface area contributed by atoms with Crippen LogP contribution in [0.1, 0.15) is 42.3 Å². The SMILES string of the molecule is O=C(CCc1nc(-c2ccsc2)no1)N[C@@H]1CCCc2ccccc21. The van der Waals surface area contributed by atoms with E-state index in [0.29, 0.717) is 24.6 Å². The van der Waals surface area contributed by atoms with Gasteiger partial charge in [-0.15, -0.1) is 0 Å². The van der Waals surface area contributed by atoms with E-state index in [4.69, 9.17) is 4.52 Å². The summed E-state index contributed by atoms with van der Waals surface area (Å²) in [4.78, 5) is 16.7. The molecule has 0 bridgehead atoms. The van der Waals surface area contributed by atoms with Crippen LogP contribution < -0.4 is 5.32 Å². The van der Waals surface area contributed by atoms with Crippen LogP contribution in [-0.2, 0) is 17.6 Å². The van der Waals surface area contributed by atoms with Crippen LogP contribution in [0, 0.1) is 0 Å². The number of amides is 1. The summed E-state index contributed by atoms with van der Waals surface area (Å²) in [6.07, 6.45) is 4.00. The zero-order chi connectivity index (χ0) is 17.1. The topological polar surface area (TPSA) is 68.0 Å². The third-order valence-electron chi connectivity index (χ3n) is 4.52. The van der Waals surface area contributed by atoms with Crippen molar-refractivity contribution in [3.05, 3.63) is 58.1 Å². The number of rotatable bonds is 5. The summed E-state index contributed by atoms with van der Waals surface area (Å²) < 4.78 is 5.25. The molecule has 128 valence electrons. The number of benzene rings is 1. The van der Waals surface area contributed by atoms with E-state index < -0.39 is 0 Å². The molecule has 0 saturated carbocycles. The lowest BCUT2D eigenvalue weighted by Crippen LogP contribution is -2.31. The first kappa shape index (κ1) is 16.0. The van der Waals surface area contributed by atoms with Gasteiger partial charge in [-0.1, -0.05) is 29.4 Å². The summed E-state index contributed by atoms with van der Waals surface area (Å²) in [5.41, 5.74) is 3.54. The highest BCUT2D eigenvalue weighted by Gasteiger charge is 2.21. The maximum Gasteiger partial charge on any atom is 0.227 e. The molecule has 0 spiro atoms. The minimum Gasteiger partial charge on any atom is -0.349 e. The summed E-state index contributed by atoms with van der Waals surface area (Å²) in [7, 11) is 0. The van der Waals surface area contributed by atoms with Crippen LogP contribution in [0.15, 0.2) is 45.6 Å². The monoisotopic (exact) mass is 353 g/mol. The molecule has 5 nitrogen and oxygen atoms in total. The lowest BCUT2D eigenvalue weighted by molar-refractivity contribution is -0.122. The van der Waals surface area contributed by atoms with E-state index in [1.165, 1.54) is 11.1 Å². The van der Waals surface area contributed by atoms with E-state index >= 15 is 0 Å². The number of thiophene rings is 1. The lowest BCUT2D eigenvalue weighted by atomic mass is 9.87. The van der Waals surface area contributed by atoms with E-state index in [1.807, 2.05) is 22.9 Å². The highest BCUT2D eigenvalue weighted by atomic mass is 32.1. The number of nitrogens with zero attached hydrogens (tertiary/aromatic N) is 2. The van der Waals surface area contributed by atoms with Gasteiger partial charge in [-0.3, -0.25) is 4.79 Å². The maximum atomic E-state index is 12.3. The quantitative estimate of drug-likeness (QED) is 0.755. The zero-order valence-corrected chi connectivity index (χ0v) is 14.6. The van der Waals surface area contributed by atoms with Crippen molar-refractivity contribution in [1.82, 2.24) is 15.5 Å². The van der Waals surface area contributed by atoms with Crippen LogP contribution in [0.3, 0.4) is 0 Å². The molecule has 2 aromatic heterocycles. The molecule has 1 aliphatic rings.